The van der Waals surface area contributed by atoms with Gasteiger partial charge in [-0.2, -0.15) is 0 Å². The molecule has 37 heavy (non-hydrogen) atoms. The lowest BCUT2D eigenvalue weighted by atomic mass is 9.85. The molecule has 2 heteroatoms. The van der Waals surface area contributed by atoms with Crippen molar-refractivity contribution >= 4 is 5.69 Å². The van der Waals surface area contributed by atoms with Gasteiger partial charge in [0.15, 0.2) is 0 Å². The molecule has 0 saturated carbocycles. The Bertz CT molecular complexity index is 949. The maximum atomic E-state index is 6.77. The van der Waals surface area contributed by atoms with Gasteiger partial charge in [-0.15, -0.1) is 0 Å². The summed E-state index contributed by atoms with van der Waals surface area (Å²) in [5.74, 6) is 3.71. The van der Waals surface area contributed by atoms with E-state index in [9.17, 15) is 0 Å². The van der Waals surface area contributed by atoms with Crippen molar-refractivity contribution in [1.82, 2.24) is 0 Å². The van der Waals surface area contributed by atoms with Gasteiger partial charge >= 0.3 is 0 Å². The highest BCUT2D eigenvalue weighted by Gasteiger charge is 2.33. The monoisotopic (exact) mass is 505 g/mol. The van der Waals surface area contributed by atoms with E-state index in [0.717, 1.165) is 49.3 Å². The zero-order valence-corrected chi connectivity index (χ0v) is 25.1. The van der Waals surface area contributed by atoms with E-state index in [4.69, 9.17) is 4.74 Å². The van der Waals surface area contributed by atoms with Crippen LogP contribution in [0.15, 0.2) is 36.4 Å². The third-order valence-corrected chi connectivity index (χ3v) is 8.79. The Hall–Kier alpha value is -1.96. The molecule has 0 aliphatic carbocycles. The highest BCUT2D eigenvalue weighted by Crippen LogP contribution is 2.42. The number of hydrogen-bond donors (Lipinski definition) is 1. The number of fused-ring (bicyclic) bond motifs is 1. The molecular formula is C35H55NO. The number of benzene rings is 2. The third-order valence-electron chi connectivity index (χ3n) is 8.79. The smallest absolute Gasteiger partial charge is 0.126 e. The zero-order valence-electron chi connectivity index (χ0n) is 25.1. The van der Waals surface area contributed by atoms with E-state index >= 15 is 0 Å². The number of nitrogens with one attached hydrogen (secondary N) is 1. The van der Waals surface area contributed by atoms with Gasteiger partial charge in [-0.3, -0.25) is 0 Å². The Balaban J connectivity index is 1.43. The van der Waals surface area contributed by atoms with Crippen molar-refractivity contribution in [3.05, 3.63) is 58.7 Å². The first-order chi connectivity index (χ1) is 17.7. The summed E-state index contributed by atoms with van der Waals surface area (Å²) in [4.78, 5) is 0. The third kappa shape index (κ3) is 9.38. The molecule has 0 radical (unpaired) electrons. The quantitative estimate of drug-likeness (QED) is 0.260. The lowest BCUT2D eigenvalue weighted by Gasteiger charge is -2.38. The fraction of sp³-hybridized carbons (Fsp3) is 0.657. The number of hydrogen-bond acceptors (Lipinski definition) is 2. The van der Waals surface area contributed by atoms with Crippen LogP contribution in [0, 0.1) is 31.6 Å². The fourth-order valence-corrected chi connectivity index (χ4v) is 5.94. The van der Waals surface area contributed by atoms with Crippen molar-refractivity contribution in [3.8, 4) is 5.75 Å². The Kier molecular flexibility index (Phi) is 11.4. The van der Waals surface area contributed by atoms with Crippen molar-refractivity contribution in [2.45, 2.75) is 131 Å². The van der Waals surface area contributed by atoms with Gasteiger partial charge in [-0.25, -0.2) is 0 Å². The summed E-state index contributed by atoms with van der Waals surface area (Å²) in [6.07, 6.45) is 14.4. The van der Waals surface area contributed by atoms with E-state index in [-0.39, 0.29) is 5.60 Å². The van der Waals surface area contributed by atoms with Gasteiger partial charge in [-0.1, -0.05) is 103 Å². The van der Waals surface area contributed by atoms with Crippen LogP contribution in [0.2, 0.25) is 0 Å². The van der Waals surface area contributed by atoms with Gasteiger partial charge in [-0.05, 0) is 92.5 Å². The molecule has 0 unspecified atom stereocenters. The molecule has 0 fully saturated rings. The largest absolute Gasteiger partial charge is 0.487 e. The molecule has 1 aliphatic heterocycles. The second-order valence-corrected chi connectivity index (χ2v) is 12.9. The first kappa shape index (κ1) is 29.6. The van der Waals surface area contributed by atoms with Gasteiger partial charge in [0.05, 0.1) is 0 Å². The fourth-order valence-electron chi connectivity index (χ4n) is 5.94. The molecule has 0 bridgehead atoms. The lowest BCUT2D eigenvalue weighted by Crippen LogP contribution is -2.36. The summed E-state index contributed by atoms with van der Waals surface area (Å²) in [5.41, 5.74) is 6.50. The van der Waals surface area contributed by atoms with Crippen LogP contribution in [-0.4, -0.2) is 5.60 Å². The highest BCUT2D eigenvalue weighted by molar-refractivity contribution is 5.62. The molecule has 0 aromatic heterocycles. The topological polar surface area (TPSA) is 21.3 Å². The second kappa shape index (κ2) is 14.3. The Labute approximate surface area is 229 Å². The molecule has 2 aromatic carbocycles. The maximum Gasteiger partial charge on any atom is 0.126 e. The van der Waals surface area contributed by atoms with E-state index in [1.165, 1.54) is 79.3 Å². The van der Waals surface area contributed by atoms with Crippen LogP contribution in [0.5, 0.6) is 5.75 Å². The van der Waals surface area contributed by atoms with Crippen LogP contribution in [0.3, 0.4) is 0 Å². The van der Waals surface area contributed by atoms with Crippen LogP contribution in [0.4, 0.5) is 5.69 Å². The van der Waals surface area contributed by atoms with Crippen LogP contribution in [0.25, 0.3) is 0 Å². The Morgan fingerprint density at radius 2 is 1.46 bits per heavy atom. The molecule has 3 atom stereocenters. The standard InChI is InChI=1S/C35H55NO/c1-26(2)14-11-15-27(3)16-12-17-28(4)18-13-22-35(7)23-21-32-24-33(29(5)30(6)34(32)37-35)36-25-31-19-9-8-10-20-31/h8-10,19-20,24,26-28,36H,11-18,21-23,25H2,1-7H3/t27-,28-,35-/m1/s1. The van der Waals surface area contributed by atoms with Crippen LogP contribution < -0.4 is 10.1 Å². The molecule has 2 nitrogen and oxygen atoms in total. The molecule has 1 aliphatic rings. The van der Waals surface area contributed by atoms with Crippen molar-refractivity contribution in [3.63, 3.8) is 0 Å². The van der Waals surface area contributed by atoms with Gasteiger partial charge in [0.1, 0.15) is 11.4 Å². The average molecular weight is 506 g/mol. The molecule has 0 amide bonds. The van der Waals surface area contributed by atoms with Gasteiger partial charge in [0.25, 0.3) is 0 Å². The van der Waals surface area contributed by atoms with Crippen LogP contribution in [0.1, 0.15) is 121 Å². The van der Waals surface area contributed by atoms with Crippen molar-refractivity contribution in [1.29, 1.82) is 0 Å². The minimum absolute atomic E-state index is 0.0339. The minimum atomic E-state index is -0.0339. The predicted molar refractivity (Wildman–Crippen MR) is 162 cm³/mol. The molecule has 1 heterocycles. The first-order valence-corrected chi connectivity index (χ1v) is 15.3. The zero-order chi connectivity index (χ0) is 26.8. The Morgan fingerprint density at radius 1 is 0.838 bits per heavy atom. The summed E-state index contributed by atoms with van der Waals surface area (Å²) in [6.45, 7) is 17.3. The summed E-state index contributed by atoms with van der Waals surface area (Å²) in [7, 11) is 0. The van der Waals surface area contributed by atoms with Gasteiger partial charge < -0.3 is 10.1 Å². The van der Waals surface area contributed by atoms with Gasteiger partial charge in [0.2, 0.25) is 0 Å². The molecule has 2 aromatic rings. The second-order valence-electron chi connectivity index (χ2n) is 12.9. The molecule has 0 saturated heterocycles. The summed E-state index contributed by atoms with van der Waals surface area (Å²) in [5, 5.41) is 3.67. The van der Waals surface area contributed by atoms with Crippen molar-refractivity contribution < 1.29 is 4.74 Å². The molecular weight excluding hydrogens is 450 g/mol. The van der Waals surface area contributed by atoms with Crippen LogP contribution in [-0.2, 0) is 13.0 Å². The maximum absolute atomic E-state index is 6.77. The number of rotatable bonds is 15. The summed E-state index contributed by atoms with van der Waals surface area (Å²) in [6, 6.07) is 13.0. The van der Waals surface area contributed by atoms with Crippen LogP contribution >= 0.6 is 0 Å². The van der Waals surface area contributed by atoms with Crippen molar-refractivity contribution in [2.75, 3.05) is 5.32 Å². The Morgan fingerprint density at radius 3 is 2.11 bits per heavy atom. The minimum Gasteiger partial charge on any atom is -0.487 e. The summed E-state index contributed by atoms with van der Waals surface area (Å²) >= 11 is 0. The summed E-state index contributed by atoms with van der Waals surface area (Å²) < 4.78 is 6.77. The normalized spacial score (nSPS) is 18.8. The number of aryl methyl sites for hydroxylation is 1. The van der Waals surface area contributed by atoms with E-state index < -0.39 is 0 Å². The first-order valence-electron chi connectivity index (χ1n) is 15.3. The van der Waals surface area contributed by atoms with E-state index in [1.807, 2.05) is 0 Å². The van der Waals surface area contributed by atoms with Gasteiger partial charge in [0, 0.05) is 12.2 Å². The highest BCUT2D eigenvalue weighted by atomic mass is 16.5. The van der Waals surface area contributed by atoms with Crippen molar-refractivity contribution in [2.24, 2.45) is 17.8 Å². The number of ether oxygens (including phenoxy) is 1. The molecule has 3 rings (SSSR count). The molecule has 1 N–H and O–H groups in total. The van der Waals surface area contributed by atoms with E-state index in [1.54, 1.807) is 0 Å². The predicted octanol–water partition coefficient (Wildman–Crippen LogP) is 10.4. The molecule has 0 spiro atoms. The lowest BCUT2D eigenvalue weighted by molar-refractivity contribution is 0.0516. The number of anilines is 1. The van der Waals surface area contributed by atoms with E-state index in [0.29, 0.717) is 0 Å². The van der Waals surface area contributed by atoms with E-state index in [2.05, 4.69) is 90.2 Å². The SMILES string of the molecule is Cc1c(NCc2ccccc2)cc2c(c1C)O[C@](C)(CCC[C@H](C)CCC[C@H](C)CCCC(C)C)CC2. The average Bonchev–Trinajstić information content (AvgIpc) is 2.86. The molecule has 206 valence electrons.